The number of hydrogen-bond donors (Lipinski definition) is 1. The second kappa shape index (κ2) is 6.02. The molecule has 0 saturated heterocycles. The van der Waals surface area contributed by atoms with Crippen molar-refractivity contribution in [2.75, 3.05) is 0 Å². The van der Waals surface area contributed by atoms with Gasteiger partial charge >= 0.3 is 0 Å². The Morgan fingerprint density at radius 1 is 1.10 bits per heavy atom. The highest BCUT2D eigenvalue weighted by Crippen LogP contribution is 2.30. The first-order valence-electron chi connectivity index (χ1n) is 6.27. The van der Waals surface area contributed by atoms with E-state index < -0.39 is 17.7 Å². The second-order valence-corrected chi connectivity index (χ2v) is 5.77. The first kappa shape index (κ1) is 15.1. The van der Waals surface area contributed by atoms with E-state index in [1.54, 1.807) is 0 Å². The lowest BCUT2D eigenvalue weighted by Crippen LogP contribution is -2.05. The molecule has 4 heteroatoms. The minimum absolute atomic E-state index is 0.0191. The Hall–Kier alpha value is -1.26. The highest BCUT2D eigenvalue weighted by molar-refractivity contribution is 9.10. The third kappa shape index (κ3) is 3.25. The quantitative estimate of drug-likeness (QED) is 0.808. The van der Waals surface area contributed by atoms with Crippen LogP contribution in [0.25, 0.3) is 0 Å². The van der Waals surface area contributed by atoms with Gasteiger partial charge in [-0.25, -0.2) is 8.78 Å². The zero-order valence-corrected chi connectivity index (χ0v) is 12.8. The van der Waals surface area contributed by atoms with Crippen molar-refractivity contribution in [3.8, 4) is 0 Å². The van der Waals surface area contributed by atoms with Crippen molar-refractivity contribution in [1.82, 2.24) is 0 Å². The summed E-state index contributed by atoms with van der Waals surface area (Å²) in [4.78, 5) is 0. The molecule has 0 spiro atoms. The summed E-state index contributed by atoms with van der Waals surface area (Å²) in [6.45, 7) is 3.96. The largest absolute Gasteiger partial charge is 0.388 e. The number of aliphatic hydroxyl groups is 1. The van der Waals surface area contributed by atoms with Crippen LogP contribution in [0.15, 0.2) is 34.8 Å². The maximum Gasteiger partial charge on any atom is 0.173 e. The number of aryl methyl sites for hydroxylation is 2. The van der Waals surface area contributed by atoms with E-state index in [1.807, 2.05) is 32.0 Å². The van der Waals surface area contributed by atoms with E-state index in [1.165, 1.54) is 6.07 Å². The van der Waals surface area contributed by atoms with Crippen molar-refractivity contribution in [3.63, 3.8) is 0 Å². The fourth-order valence-electron chi connectivity index (χ4n) is 2.32. The monoisotopic (exact) mass is 340 g/mol. The zero-order chi connectivity index (χ0) is 14.9. The molecular formula is C16H15BrF2O. The van der Waals surface area contributed by atoms with Crippen LogP contribution in [0, 0.1) is 25.5 Å². The lowest BCUT2D eigenvalue weighted by molar-refractivity contribution is 0.177. The first-order valence-corrected chi connectivity index (χ1v) is 7.06. The van der Waals surface area contributed by atoms with Crippen LogP contribution in [0.5, 0.6) is 0 Å². The Labute approximate surface area is 125 Å². The van der Waals surface area contributed by atoms with Gasteiger partial charge in [-0.3, -0.25) is 0 Å². The number of hydrogen-bond acceptors (Lipinski definition) is 1. The van der Waals surface area contributed by atoms with Crippen LogP contribution in [0.3, 0.4) is 0 Å². The van der Waals surface area contributed by atoms with Crippen LogP contribution >= 0.6 is 15.9 Å². The molecule has 1 nitrogen and oxygen atoms in total. The van der Waals surface area contributed by atoms with E-state index in [0.29, 0.717) is 12.0 Å². The highest BCUT2D eigenvalue weighted by Gasteiger charge is 2.17. The van der Waals surface area contributed by atoms with E-state index in [9.17, 15) is 13.9 Å². The minimum atomic E-state index is -0.970. The molecule has 1 N–H and O–H groups in total. The van der Waals surface area contributed by atoms with Gasteiger partial charge in [0.15, 0.2) is 11.6 Å². The van der Waals surface area contributed by atoms with Gasteiger partial charge in [0.25, 0.3) is 0 Å². The van der Waals surface area contributed by atoms with Crippen LogP contribution in [-0.4, -0.2) is 5.11 Å². The molecule has 0 heterocycles. The lowest BCUT2D eigenvalue weighted by atomic mass is 9.98. The molecule has 0 aliphatic heterocycles. The number of aliphatic hydroxyl groups excluding tert-OH is 1. The van der Waals surface area contributed by atoms with Crippen molar-refractivity contribution in [1.29, 1.82) is 0 Å². The predicted molar refractivity (Wildman–Crippen MR) is 78.6 cm³/mol. The first-order chi connectivity index (χ1) is 9.38. The highest BCUT2D eigenvalue weighted by atomic mass is 79.9. The molecule has 0 aliphatic rings. The van der Waals surface area contributed by atoms with Gasteiger partial charge < -0.3 is 5.11 Å². The number of benzene rings is 2. The molecule has 1 unspecified atom stereocenters. The van der Waals surface area contributed by atoms with Crippen LogP contribution in [-0.2, 0) is 6.42 Å². The Bertz CT molecular complexity index is 620. The molecular weight excluding hydrogens is 326 g/mol. The van der Waals surface area contributed by atoms with Crippen molar-refractivity contribution in [2.24, 2.45) is 0 Å². The van der Waals surface area contributed by atoms with Crippen molar-refractivity contribution in [3.05, 3.63) is 68.7 Å². The summed E-state index contributed by atoms with van der Waals surface area (Å²) < 4.78 is 26.5. The van der Waals surface area contributed by atoms with E-state index in [4.69, 9.17) is 0 Å². The van der Waals surface area contributed by atoms with E-state index >= 15 is 0 Å². The Kier molecular flexibility index (Phi) is 4.55. The molecule has 0 bridgehead atoms. The predicted octanol–water partition coefficient (Wildman–Crippen LogP) is 4.62. The molecule has 106 valence electrons. The third-order valence-corrected chi connectivity index (χ3v) is 3.94. The molecule has 0 saturated carbocycles. The topological polar surface area (TPSA) is 20.2 Å². The van der Waals surface area contributed by atoms with Crippen LogP contribution in [0.1, 0.15) is 28.4 Å². The lowest BCUT2D eigenvalue weighted by Gasteiger charge is -2.14. The van der Waals surface area contributed by atoms with E-state index in [2.05, 4.69) is 15.9 Å². The van der Waals surface area contributed by atoms with Crippen molar-refractivity contribution >= 4 is 15.9 Å². The summed E-state index contributed by atoms with van der Waals surface area (Å²) >= 11 is 3.00. The summed E-state index contributed by atoms with van der Waals surface area (Å²) in [6.07, 6.45) is -0.535. The molecule has 0 fully saturated rings. The molecule has 0 amide bonds. The van der Waals surface area contributed by atoms with Crippen LogP contribution in [0.2, 0.25) is 0 Å². The number of halogens is 3. The van der Waals surface area contributed by atoms with Gasteiger partial charge in [-0.2, -0.15) is 0 Å². The minimum Gasteiger partial charge on any atom is -0.388 e. The fraction of sp³-hybridized carbons (Fsp3) is 0.250. The fourth-order valence-corrected chi connectivity index (χ4v) is 2.90. The third-order valence-electron chi connectivity index (χ3n) is 3.13. The molecule has 0 aliphatic carbocycles. The number of rotatable bonds is 3. The van der Waals surface area contributed by atoms with Gasteiger partial charge in [0.05, 0.1) is 10.6 Å². The smallest absolute Gasteiger partial charge is 0.173 e. The average molecular weight is 341 g/mol. The Balaban J connectivity index is 2.28. The Morgan fingerprint density at radius 2 is 1.70 bits per heavy atom. The van der Waals surface area contributed by atoms with Crippen LogP contribution in [0.4, 0.5) is 8.78 Å². The zero-order valence-electron chi connectivity index (χ0n) is 11.3. The second-order valence-electron chi connectivity index (χ2n) is 4.98. The molecule has 2 aromatic carbocycles. The SMILES string of the molecule is Cc1cc(C)cc(CC(O)c2ccc(F)c(F)c2Br)c1. The van der Waals surface area contributed by atoms with E-state index in [-0.39, 0.29) is 4.47 Å². The van der Waals surface area contributed by atoms with Crippen LogP contribution < -0.4 is 0 Å². The molecule has 2 aromatic rings. The molecule has 20 heavy (non-hydrogen) atoms. The summed E-state index contributed by atoms with van der Waals surface area (Å²) in [5.41, 5.74) is 3.53. The van der Waals surface area contributed by atoms with Crippen molar-refractivity contribution < 1.29 is 13.9 Å². The maximum atomic E-state index is 13.5. The molecule has 0 aromatic heterocycles. The van der Waals surface area contributed by atoms with Gasteiger partial charge in [0.2, 0.25) is 0 Å². The molecule has 0 radical (unpaired) electrons. The normalized spacial score (nSPS) is 12.5. The van der Waals surface area contributed by atoms with Gasteiger partial charge in [0.1, 0.15) is 0 Å². The van der Waals surface area contributed by atoms with Gasteiger partial charge in [-0.05, 0) is 47.0 Å². The van der Waals surface area contributed by atoms with Gasteiger partial charge in [-0.1, -0.05) is 35.4 Å². The van der Waals surface area contributed by atoms with Gasteiger partial charge in [-0.15, -0.1) is 0 Å². The Morgan fingerprint density at radius 3 is 2.30 bits per heavy atom. The average Bonchev–Trinajstić information content (AvgIpc) is 2.34. The van der Waals surface area contributed by atoms with E-state index in [0.717, 1.165) is 22.8 Å². The maximum absolute atomic E-state index is 13.5. The summed E-state index contributed by atoms with van der Waals surface area (Å²) in [5.74, 6) is -1.90. The molecule has 1 atom stereocenters. The van der Waals surface area contributed by atoms with Crippen molar-refractivity contribution in [2.45, 2.75) is 26.4 Å². The summed E-state index contributed by atoms with van der Waals surface area (Å²) in [6, 6.07) is 8.42. The van der Waals surface area contributed by atoms with Gasteiger partial charge in [0, 0.05) is 6.42 Å². The summed E-state index contributed by atoms with van der Waals surface area (Å²) in [5, 5.41) is 10.2. The summed E-state index contributed by atoms with van der Waals surface area (Å²) in [7, 11) is 0. The molecule has 2 rings (SSSR count). The standard InChI is InChI=1S/C16H15BrF2O/c1-9-5-10(2)7-11(6-9)8-14(20)12-3-4-13(18)16(19)15(12)17/h3-7,14,20H,8H2,1-2H3.